The molecule has 0 unspecified atom stereocenters. The monoisotopic (exact) mass is 299 g/mol. The van der Waals surface area contributed by atoms with E-state index in [0.717, 1.165) is 11.3 Å². The fourth-order valence-corrected chi connectivity index (χ4v) is 1.98. The molecule has 0 atom stereocenters. The molecule has 2 aromatic carbocycles. The van der Waals surface area contributed by atoms with Crippen molar-refractivity contribution in [1.29, 1.82) is 0 Å². The van der Waals surface area contributed by atoms with Gasteiger partial charge in [-0.1, -0.05) is 18.2 Å². The van der Waals surface area contributed by atoms with E-state index in [-0.39, 0.29) is 12.3 Å². The molecule has 0 radical (unpaired) electrons. The molecule has 0 aliphatic carbocycles. The number of anilines is 1. The first-order valence-electron chi connectivity index (χ1n) is 6.73. The molecule has 2 aromatic rings. The molecule has 5 heteroatoms. The quantitative estimate of drug-likeness (QED) is 0.862. The first-order chi connectivity index (χ1) is 10.6. The maximum absolute atomic E-state index is 12.0. The third-order valence-corrected chi connectivity index (χ3v) is 3.09. The highest BCUT2D eigenvalue weighted by Crippen LogP contribution is 2.14. The van der Waals surface area contributed by atoms with E-state index in [1.54, 1.807) is 43.5 Å². The van der Waals surface area contributed by atoms with Crippen molar-refractivity contribution in [2.45, 2.75) is 6.42 Å². The van der Waals surface area contributed by atoms with E-state index < -0.39 is 5.97 Å². The average molecular weight is 299 g/mol. The predicted molar refractivity (Wildman–Crippen MR) is 83.1 cm³/mol. The van der Waals surface area contributed by atoms with Crippen molar-refractivity contribution in [2.24, 2.45) is 0 Å². The molecule has 2 rings (SSSR count). The summed E-state index contributed by atoms with van der Waals surface area (Å²) in [5.41, 5.74) is 1.83. The van der Waals surface area contributed by atoms with Gasteiger partial charge in [0.15, 0.2) is 0 Å². The van der Waals surface area contributed by atoms with Gasteiger partial charge in [-0.25, -0.2) is 4.79 Å². The average Bonchev–Trinajstić information content (AvgIpc) is 2.55. The second kappa shape index (κ2) is 7.26. The maximum atomic E-state index is 12.0. The van der Waals surface area contributed by atoms with Gasteiger partial charge in [0.05, 0.1) is 26.2 Å². The van der Waals surface area contributed by atoms with Crippen LogP contribution in [0.5, 0.6) is 5.75 Å². The largest absolute Gasteiger partial charge is 0.497 e. The lowest BCUT2D eigenvalue weighted by atomic mass is 10.1. The minimum atomic E-state index is -0.439. The Kier molecular flexibility index (Phi) is 5.14. The Hall–Kier alpha value is -2.82. The normalized spacial score (nSPS) is 9.91. The lowest BCUT2D eigenvalue weighted by molar-refractivity contribution is -0.115. The molecule has 0 aliphatic rings. The number of carbonyl (C=O) groups excluding carboxylic acids is 2. The molecule has 5 nitrogen and oxygen atoms in total. The number of nitrogens with one attached hydrogen (secondary N) is 1. The number of amides is 1. The number of methoxy groups -OCH3 is 2. The molecule has 114 valence electrons. The molecule has 0 spiro atoms. The van der Waals surface area contributed by atoms with Gasteiger partial charge in [-0.05, 0) is 35.9 Å². The first-order valence-corrected chi connectivity index (χ1v) is 6.73. The van der Waals surface area contributed by atoms with Crippen molar-refractivity contribution in [1.82, 2.24) is 0 Å². The molecule has 0 aromatic heterocycles. The van der Waals surface area contributed by atoms with Crippen LogP contribution in [0.2, 0.25) is 0 Å². The van der Waals surface area contributed by atoms with Gasteiger partial charge in [0.2, 0.25) is 5.91 Å². The fourth-order valence-electron chi connectivity index (χ4n) is 1.98. The molecule has 0 saturated heterocycles. The van der Waals surface area contributed by atoms with Crippen LogP contribution in [0, 0.1) is 0 Å². The highest BCUT2D eigenvalue weighted by Gasteiger charge is 2.08. The van der Waals surface area contributed by atoms with Crippen LogP contribution in [0.3, 0.4) is 0 Å². The van der Waals surface area contributed by atoms with Crippen molar-refractivity contribution < 1.29 is 19.1 Å². The van der Waals surface area contributed by atoms with Gasteiger partial charge in [-0.3, -0.25) is 4.79 Å². The molecule has 0 bridgehead atoms. The van der Waals surface area contributed by atoms with E-state index >= 15 is 0 Å². The third kappa shape index (κ3) is 4.09. The molecular weight excluding hydrogens is 282 g/mol. The SMILES string of the molecule is COC(=O)c1cccc(NC(=O)Cc2ccc(OC)cc2)c1. The first kappa shape index (κ1) is 15.6. The molecular formula is C17H17NO4. The van der Waals surface area contributed by atoms with Crippen LogP contribution in [0.1, 0.15) is 15.9 Å². The van der Waals surface area contributed by atoms with Crippen molar-refractivity contribution >= 4 is 17.6 Å². The molecule has 1 amide bonds. The number of benzene rings is 2. The van der Waals surface area contributed by atoms with Crippen molar-refractivity contribution in [2.75, 3.05) is 19.5 Å². The zero-order valence-electron chi connectivity index (χ0n) is 12.5. The topological polar surface area (TPSA) is 64.6 Å². The van der Waals surface area contributed by atoms with E-state index in [2.05, 4.69) is 10.1 Å². The summed E-state index contributed by atoms with van der Waals surface area (Å²) in [4.78, 5) is 23.5. The standard InChI is InChI=1S/C17H17NO4/c1-21-15-8-6-12(7-9-15)10-16(19)18-14-5-3-4-13(11-14)17(20)22-2/h3-9,11H,10H2,1-2H3,(H,18,19). The van der Waals surface area contributed by atoms with Crippen molar-refractivity contribution in [3.8, 4) is 5.75 Å². The minimum absolute atomic E-state index is 0.160. The maximum Gasteiger partial charge on any atom is 0.337 e. The lowest BCUT2D eigenvalue weighted by Gasteiger charge is -2.07. The van der Waals surface area contributed by atoms with Crippen LogP contribution >= 0.6 is 0 Å². The summed E-state index contributed by atoms with van der Waals surface area (Å²) in [5, 5.41) is 2.76. The fraction of sp³-hybridized carbons (Fsp3) is 0.176. The van der Waals surface area contributed by atoms with E-state index in [9.17, 15) is 9.59 Å². The van der Waals surface area contributed by atoms with Gasteiger partial charge in [0.1, 0.15) is 5.75 Å². The van der Waals surface area contributed by atoms with Gasteiger partial charge in [-0.15, -0.1) is 0 Å². The summed E-state index contributed by atoms with van der Waals surface area (Å²) >= 11 is 0. The van der Waals surface area contributed by atoms with Crippen LogP contribution < -0.4 is 10.1 Å². The zero-order chi connectivity index (χ0) is 15.9. The second-order valence-electron chi connectivity index (χ2n) is 4.65. The van der Waals surface area contributed by atoms with Gasteiger partial charge in [-0.2, -0.15) is 0 Å². The number of rotatable bonds is 5. The Morgan fingerprint density at radius 3 is 2.41 bits per heavy atom. The van der Waals surface area contributed by atoms with Crippen LogP contribution in [-0.4, -0.2) is 26.1 Å². The van der Waals surface area contributed by atoms with Gasteiger partial charge < -0.3 is 14.8 Å². The highest BCUT2D eigenvalue weighted by molar-refractivity contribution is 5.95. The van der Waals surface area contributed by atoms with Crippen LogP contribution in [-0.2, 0) is 16.0 Å². The molecule has 0 aliphatic heterocycles. The molecule has 1 N–H and O–H groups in total. The number of hydrogen-bond donors (Lipinski definition) is 1. The molecule has 0 fully saturated rings. The number of esters is 1. The number of hydrogen-bond acceptors (Lipinski definition) is 4. The lowest BCUT2D eigenvalue weighted by Crippen LogP contribution is -2.14. The summed E-state index contributed by atoms with van der Waals surface area (Å²) in [6.07, 6.45) is 0.243. The Labute approximate surface area is 128 Å². The third-order valence-electron chi connectivity index (χ3n) is 3.09. The summed E-state index contributed by atoms with van der Waals surface area (Å²) in [5.74, 6) is 0.147. The minimum Gasteiger partial charge on any atom is -0.497 e. The number of carbonyl (C=O) groups is 2. The molecule has 0 saturated carbocycles. The molecule has 0 heterocycles. The number of ether oxygens (including phenoxy) is 2. The summed E-state index contributed by atoms with van der Waals surface area (Å²) in [6, 6.07) is 13.9. The van der Waals surface area contributed by atoms with Crippen molar-refractivity contribution in [3.63, 3.8) is 0 Å². The Morgan fingerprint density at radius 1 is 1.05 bits per heavy atom. The van der Waals surface area contributed by atoms with Crippen LogP contribution in [0.4, 0.5) is 5.69 Å². The van der Waals surface area contributed by atoms with E-state index in [4.69, 9.17) is 4.74 Å². The van der Waals surface area contributed by atoms with E-state index in [1.165, 1.54) is 7.11 Å². The summed E-state index contributed by atoms with van der Waals surface area (Å²) in [7, 11) is 2.91. The molecule has 22 heavy (non-hydrogen) atoms. The Balaban J connectivity index is 2.00. The Morgan fingerprint density at radius 2 is 1.77 bits per heavy atom. The highest BCUT2D eigenvalue weighted by atomic mass is 16.5. The van der Waals surface area contributed by atoms with E-state index in [0.29, 0.717) is 11.3 Å². The summed E-state index contributed by atoms with van der Waals surface area (Å²) in [6.45, 7) is 0. The van der Waals surface area contributed by atoms with Gasteiger partial charge in [0, 0.05) is 5.69 Å². The summed E-state index contributed by atoms with van der Waals surface area (Å²) < 4.78 is 9.72. The van der Waals surface area contributed by atoms with E-state index in [1.807, 2.05) is 12.1 Å². The van der Waals surface area contributed by atoms with Gasteiger partial charge in [0.25, 0.3) is 0 Å². The van der Waals surface area contributed by atoms with Crippen molar-refractivity contribution in [3.05, 3.63) is 59.7 Å². The second-order valence-corrected chi connectivity index (χ2v) is 4.65. The van der Waals surface area contributed by atoms with Crippen LogP contribution in [0.15, 0.2) is 48.5 Å². The zero-order valence-corrected chi connectivity index (χ0v) is 12.5. The van der Waals surface area contributed by atoms with Crippen LogP contribution in [0.25, 0.3) is 0 Å². The smallest absolute Gasteiger partial charge is 0.337 e. The predicted octanol–water partition coefficient (Wildman–Crippen LogP) is 2.66. The van der Waals surface area contributed by atoms with Gasteiger partial charge >= 0.3 is 5.97 Å². The Bertz CT molecular complexity index is 665.